The summed E-state index contributed by atoms with van der Waals surface area (Å²) in [5, 5.41) is 12.0. The standard InChI is InChI=1S/C13H16ClN3O4/c1-21-11-10(14)4-8(5-15-11)6-16-13(20)17-3-2-9(7-17)12(18)19/h4-5,9H,2-3,6-7H2,1H3,(H,16,20)(H,18,19). The summed E-state index contributed by atoms with van der Waals surface area (Å²) < 4.78 is 4.95. The molecule has 1 aliphatic heterocycles. The van der Waals surface area contributed by atoms with Gasteiger partial charge in [0.1, 0.15) is 5.02 Å². The van der Waals surface area contributed by atoms with E-state index in [9.17, 15) is 9.59 Å². The highest BCUT2D eigenvalue weighted by atomic mass is 35.5. The van der Waals surface area contributed by atoms with Crippen molar-refractivity contribution in [3.63, 3.8) is 0 Å². The lowest BCUT2D eigenvalue weighted by Crippen LogP contribution is -2.38. The van der Waals surface area contributed by atoms with Gasteiger partial charge < -0.3 is 20.1 Å². The van der Waals surface area contributed by atoms with Crippen LogP contribution in [-0.4, -0.2) is 47.2 Å². The van der Waals surface area contributed by atoms with Crippen molar-refractivity contribution in [2.24, 2.45) is 5.92 Å². The van der Waals surface area contributed by atoms with E-state index >= 15 is 0 Å². The zero-order valence-corrected chi connectivity index (χ0v) is 12.3. The Balaban J connectivity index is 1.87. The van der Waals surface area contributed by atoms with E-state index in [2.05, 4.69) is 10.3 Å². The van der Waals surface area contributed by atoms with Crippen molar-refractivity contribution in [3.05, 3.63) is 22.8 Å². The third-order valence-electron chi connectivity index (χ3n) is 3.33. The molecule has 0 saturated carbocycles. The number of ether oxygens (including phenoxy) is 1. The normalized spacial score (nSPS) is 17.6. The van der Waals surface area contributed by atoms with Crippen LogP contribution in [0.2, 0.25) is 5.02 Å². The first-order valence-corrected chi connectivity index (χ1v) is 6.83. The van der Waals surface area contributed by atoms with Crippen LogP contribution in [0.25, 0.3) is 0 Å². The Morgan fingerprint density at radius 1 is 1.62 bits per heavy atom. The van der Waals surface area contributed by atoms with Gasteiger partial charge in [-0.05, 0) is 18.1 Å². The van der Waals surface area contributed by atoms with Crippen LogP contribution < -0.4 is 10.1 Å². The third-order valence-corrected chi connectivity index (χ3v) is 3.60. The Morgan fingerprint density at radius 2 is 2.38 bits per heavy atom. The van der Waals surface area contributed by atoms with Crippen LogP contribution in [0.1, 0.15) is 12.0 Å². The Labute approximate surface area is 126 Å². The number of carbonyl (C=O) groups is 2. The molecular formula is C13H16ClN3O4. The molecule has 2 amide bonds. The lowest BCUT2D eigenvalue weighted by Gasteiger charge is -2.16. The Kier molecular flexibility index (Phi) is 4.85. The van der Waals surface area contributed by atoms with Gasteiger partial charge in [0.25, 0.3) is 0 Å². The predicted octanol–water partition coefficient (Wildman–Crippen LogP) is 1.36. The fraction of sp³-hybridized carbons (Fsp3) is 0.462. The van der Waals surface area contributed by atoms with Crippen molar-refractivity contribution in [2.75, 3.05) is 20.2 Å². The average molecular weight is 314 g/mol. The van der Waals surface area contributed by atoms with Gasteiger partial charge in [0, 0.05) is 25.8 Å². The van der Waals surface area contributed by atoms with Gasteiger partial charge in [-0.2, -0.15) is 0 Å². The van der Waals surface area contributed by atoms with Gasteiger partial charge in [-0.1, -0.05) is 11.6 Å². The lowest BCUT2D eigenvalue weighted by atomic mass is 10.1. The highest BCUT2D eigenvalue weighted by Crippen LogP contribution is 2.22. The second kappa shape index (κ2) is 6.62. The van der Waals surface area contributed by atoms with Gasteiger partial charge in [-0.25, -0.2) is 9.78 Å². The number of likely N-dealkylation sites (tertiary alicyclic amines) is 1. The van der Waals surface area contributed by atoms with E-state index < -0.39 is 11.9 Å². The molecule has 0 radical (unpaired) electrons. The van der Waals surface area contributed by atoms with Crippen LogP contribution in [0.4, 0.5) is 4.79 Å². The molecule has 0 spiro atoms. The smallest absolute Gasteiger partial charge is 0.317 e. The molecule has 1 aromatic rings. The van der Waals surface area contributed by atoms with Gasteiger partial charge in [0.2, 0.25) is 5.88 Å². The fourth-order valence-electron chi connectivity index (χ4n) is 2.15. The van der Waals surface area contributed by atoms with Crippen LogP contribution in [0.15, 0.2) is 12.3 Å². The molecule has 114 valence electrons. The number of nitrogens with zero attached hydrogens (tertiary/aromatic N) is 2. The maximum atomic E-state index is 11.9. The predicted molar refractivity (Wildman–Crippen MR) is 75.4 cm³/mol. The number of hydrogen-bond acceptors (Lipinski definition) is 4. The Bertz CT molecular complexity index is 552. The minimum Gasteiger partial charge on any atom is -0.481 e. The summed E-state index contributed by atoms with van der Waals surface area (Å²) in [5.41, 5.74) is 0.739. The number of pyridine rings is 1. The van der Waals surface area contributed by atoms with Crippen molar-refractivity contribution in [1.82, 2.24) is 15.2 Å². The van der Waals surface area contributed by atoms with Crippen molar-refractivity contribution >= 4 is 23.6 Å². The topological polar surface area (TPSA) is 91.8 Å². The van der Waals surface area contributed by atoms with Crippen LogP contribution in [0, 0.1) is 5.92 Å². The van der Waals surface area contributed by atoms with Crippen molar-refractivity contribution in [1.29, 1.82) is 0 Å². The van der Waals surface area contributed by atoms with E-state index in [4.69, 9.17) is 21.4 Å². The van der Waals surface area contributed by atoms with E-state index in [0.29, 0.717) is 23.9 Å². The number of amides is 2. The molecule has 2 rings (SSSR count). The molecule has 1 atom stereocenters. The molecule has 1 aliphatic rings. The zero-order chi connectivity index (χ0) is 15.4. The highest BCUT2D eigenvalue weighted by molar-refractivity contribution is 6.31. The van der Waals surface area contributed by atoms with Crippen molar-refractivity contribution in [3.8, 4) is 5.88 Å². The van der Waals surface area contributed by atoms with E-state index in [0.717, 1.165) is 5.56 Å². The average Bonchev–Trinajstić information content (AvgIpc) is 2.95. The number of halogens is 1. The summed E-state index contributed by atoms with van der Waals surface area (Å²) in [6.07, 6.45) is 2.05. The Hall–Kier alpha value is -2.02. The first kappa shape index (κ1) is 15.4. The van der Waals surface area contributed by atoms with Gasteiger partial charge in [0.15, 0.2) is 0 Å². The number of methoxy groups -OCH3 is 1. The number of aromatic nitrogens is 1. The van der Waals surface area contributed by atoms with Gasteiger partial charge in [0.05, 0.1) is 13.0 Å². The molecule has 0 bridgehead atoms. The van der Waals surface area contributed by atoms with E-state index in [-0.39, 0.29) is 19.1 Å². The molecule has 2 N–H and O–H groups in total. The zero-order valence-electron chi connectivity index (χ0n) is 11.5. The number of urea groups is 1. The molecule has 1 saturated heterocycles. The molecule has 21 heavy (non-hydrogen) atoms. The molecule has 2 heterocycles. The molecule has 1 aromatic heterocycles. The fourth-order valence-corrected chi connectivity index (χ4v) is 2.41. The summed E-state index contributed by atoms with van der Waals surface area (Å²) in [7, 11) is 1.47. The molecule has 1 unspecified atom stereocenters. The molecule has 0 aromatic carbocycles. The van der Waals surface area contributed by atoms with Gasteiger partial charge >= 0.3 is 12.0 Å². The first-order chi connectivity index (χ1) is 10.0. The van der Waals surface area contributed by atoms with Crippen LogP contribution in [-0.2, 0) is 11.3 Å². The number of hydrogen-bond donors (Lipinski definition) is 2. The second-order valence-electron chi connectivity index (χ2n) is 4.76. The summed E-state index contributed by atoms with van der Waals surface area (Å²) in [5.74, 6) is -1.01. The van der Waals surface area contributed by atoms with Crippen molar-refractivity contribution < 1.29 is 19.4 Å². The summed E-state index contributed by atoms with van der Waals surface area (Å²) in [6.45, 7) is 0.955. The number of rotatable bonds is 4. The summed E-state index contributed by atoms with van der Waals surface area (Å²) in [4.78, 5) is 28.3. The number of carboxylic acids is 1. The van der Waals surface area contributed by atoms with Crippen LogP contribution >= 0.6 is 11.6 Å². The van der Waals surface area contributed by atoms with Gasteiger partial charge in [-0.15, -0.1) is 0 Å². The molecule has 7 nitrogen and oxygen atoms in total. The maximum Gasteiger partial charge on any atom is 0.317 e. The van der Waals surface area contributed by atoms with Crippen LogP contribution in [0.5, 0.6) is 5.88 Å². The largest absolute Gasteiger partial charge is 0.481 e. The highest BCUT2D eigenvalue weighted by Gasteiger charge is 2.30. The second-order valence-corrected chi connectivity index (χ2v) is 5.17. The maximum absolute atomic E-state index is 11.9. The molecule has 0 aliphatic carbocycles. The molecular weight excluding hydrogens is 298 g/mol. The van der Waals surface area contributed by atoms with E-state index in [1.165, 1.54) is 12.0 Å². The third kappa shape index (κ3) is 3.75. The summed E-state index contributed by atoms with van der Waals surface area (Å²) in [6, 6.07) is 1.38. The number of carbonyl (C=O) groups excluding carboxylic acids is 1. The van der Waals surface area contributed by atoms with Crippen molar-refractivity contribution in [2.45, 2.75) is 13.0 Å². The van der Waals surface area contributed by atoms with E-state index in [1.807, 2.05) is 0 Å². The van der Waals surface area contributed by atoms with E-state index in [1.54, 1.807) is 12.3 Å². The number of nitrogens with one attached hydrogen (secondary N) is 1. The molecule has 1 fully saturated rings. The van der Waals surface area contributed by atoms with Gasteiger partial charge in [-0.3, -0.25) is 4.79 Å². The molecule has 8 heteroatoms. The SMILES string of the molecule is COc1ncc(CNC(=O)N2CCC(C(=O)O)C2)cc1Cl. The monoisotopic (exact) mass is 313 g/mol. The quantitative estimate of drug-likeness (QED) is 0.875. The Morgan fingerprint density at radius 3 is 2.95 bits per heavy atom. The minimum atomic E-state index is -0.864. The first-order valence-electron chi connectivity index (χ1n) is 6.45. The number of carboxylic acid groups (broad SMARTS) is 1. The van der Waals surface area contributed by atoms with Crippen LogP contribution in [0.3, 0.4) is 0 Å². The lowest BCUT2D eigenvalue weighted by molar-refractivity contribution is -0.141. The minimum absolute atomic E-state index is 0.239. The summed E-state index contributed by atoms with van der Waals surface area (Å²) >= 11 is 5.95. The number of aliphatic carboxylic acids is 1.